The van der Waals surface area contributed by atoms with Crippen LogP contribution in [0.2, 0.25) is 0 Å². The fourth-order valence-electron chi connectivity index (χ4n) is 2.18. The highest BCUT2D eigenvalue weighted by Crippen LogP contribution is 2.19. The van der Waals surface area contributed by atoms with Gasteiger partial charge in [-0.05, 0) is 19.8 Å². The minimum Gasteiger partial charge on any atom is -0.383 e. The first-order valence-electron chi connectivity index (χ1n) is 6.58. The minimum atomic E-state index is 0.491. The van der Waals surface area contributed by atoms with Crippen molar-refractivity contribution < 1.29 is 0 Å². The molecule has 0 amide bonds. The van der Waals surface area contributed by atoms with Crippen molar-refractivity contribution in [3.05, 3.63) is 11.3 Å². The van der Waals surface area contributed by atoms with Crippen LogP contribution in [0.3, 0.4) is 0 Å². The van der Waals surface area contributed by atoms with Gasteiger partial charge in [0.25, 0.3) is 0 Å². The lowest BCUT2D eigenvalue weighted by Crippen LogP contribution is -2.53. The van der Waals surface area contributed by atoms with Crippen LogP contribution in [0.1, 0.15) is 25.1 Å². The molecule has 100 valence electrons. The summed E-state index contributed by atoms with van der Waals surface area (Å²) in [5, 5.41) is 3.53. The van der Waals surface area contributed by atoms with Crippen LogP contribution >= 0.6 is 0 Å². The van der Waals surface area contributed by atoms with Crippen LogP contribution in [0, 0.1) is 19.8 Å². The van der Waals surface area contributed by atoms with Crippen molar-refractivity contribution in [2.75, 3.05) is 30.3 Å². The van der Waals surface area contributed by atoms with E-state index in [2.05, 4.69) is 34.0 Å². The average Bonchev–Trinajstić information content (AvgIpc) is 2.35. The molecule has 1 aliphatic rings. The Morgan fingerprint density at radius 2 is 2.06 bits per heavy atom. The molecule has 1 aliphatic heterocycles. The summed E-state index contributed by atoms with van der Waals surface area (Å²) in [6, 6.07) is 0.491. The van der Waals surface area contributed by atoms with Crippen molar-refractivity contribution >= 4 is 11.8 Å². The Morgan fingerprint density at radius 1 is 1.33 bits per heavy atom. The second-order valence-electron chi connectivity index (χ2n) is 5.37. The first-order valence-corrected chi connectivity index (χ1v) is 6.58. The molecule has 5 heteroatoms. The van der Waals surface area contributed by atoms with Crippen LogP contribution in [-0.4, -0.2) is 35.6 Å². The Balaban J connectivity index is 2.21. The van der Waals surface area contributed by atoms with Gasteiger partial charge in [-0.15, -0.1) is 0 Å². The molecule has 1 aromatic rings. The normalized spacial score (nSPS) is 20.5. The minimum absolute atomic E-state index is 0.491. The zero-order chi connectivity index (χ0) is 13.3. The molecule has 18 heavy (non-hydrogen) atoms. The molecule has 1 fully saturated rings. The predicted molar refractivity (Wildman–Crippen MR) is 74.8 cm³/mol. The second-order valence-corrected chi connectivity index (χ2v) is 5.37. The third-order valence-electron chi connectivity index (χ3n) is 3.71. The number of rotatable bonds is 2. The summed E-state index contributed by atoms with van der Waals surface area (Å²) in [7, 11) is 0. The molecule has 2 heterocycles. The first-order chi connectivity index (χ1) is 8.49. The van der Waals surface area contributed by atoms with Gasteiger partial charge < -0.3 is 16.0 Å². The number of hydrogen-bond acceptors (Lipinski definition) is 5. The van der Waals surface area contributed by atoms with E-state index in [0.29, 0.717) is 17.8 Å². The van der Waals surface area contributed by atoms with Crippen molar-refractivity contribution in [1.29, 1.82) is 0 Å². The van der Waals surface area contributed by atoms with Crippen molar-refractivity contribution in [3.8, 4) is 0 Å². The maximum absolute atomic E-state index is 5.93. The van der Waals surface area contributed by atoms with E-state index in [0.717, 1.165) is 36.8 Å². The number of aryl methyl sites for hydroxylation is 1. The van der Waals surface area contributed by atoms with Crippen LogP contribution in [0.4, 0.5) is 11.8 Å². The maximum Gasteiger partial charge on any atom is 0.227 e. The molecule has 0 aliphatic carbocycles. The van der Waals surface area contributed by atoms with E-state index in [-0.39, 0.29) is 0 Å². The number of anilines is 2. The van der Waals surface area contributed by atoms with E-state index in [1.54, 1.807) is 0 Å². The molecule has 0 saturated carbocycles. The SMILES string of the molecule is Cc1nc(N2CCNC(C(C)C)C2)nc(N)c1C. The van der Waals surface area contributed by atoms with E-state index < -0.39 is 0 Å². The molecule has 1 saturated heterocycles. The van der Waals surface area contributed by atoms with Gasteiger partial charge in [-0.25, -0.2) is 4.98 Å². The molecule has 5 nitrogen and oxygen atoms in total. The van der Waals surface area contributed by atoms with Gasteiger partial charge in [0.15, 0.2) is 0 Å². The van der Waals surface area contributed by atoms with E-state index in [4.69, 9.17) is 5.73 Å². The number of piperazine rings is 1. The molecular formula is C13H23N5. The van der Waals surface area contributed by atoms with Crippen molar-refractivity contribution in [2.45, 2.75) is 33.7 Å². The van der Waals surface area contributed by atoms with Crippen molar-refractivity contribution in [1.82, 2.24) is 15.3 Å². The summed E-state index contributed by atoms with van der Waals surface area (Å²) in [6.07, 6.45) is 0. The standard InChI is InChI=1S/C13H23N5/c1-8(2)11-7-18(6-5-15-11)13-16-10(4)9(3)12(14)17-13/h8,11,15H,5-7H2,1-4H3,(H2,14,16,17). The number of nitrogens with zero attached hydrogens (tertiary/aromatic N) is 3. The Hall–Kier alpha value is -1.36. The zero-order valence-corrected chi connectivity index (χ0v) is 11.7. The lowest BCUT2D eigenvalue weighted by Gasteiger charge is -2.36. The topological polar surface area (TPSA) is 67.1 Å². The lowest BCUT2D eigenvalue weighted by atomic mass is 10.0. The molecule has 1 atom stereocenters. The molecule has 0 spiro atoms. The van der Waals surface area contributed by atoms with Gasteiger partial charge in [0.2, 0.25) is 5.95 Å². The Morgan fingerprint density at radius 3 is 2.67 bits per heavy atom. The monoisotopic (exact) mass is 249 g/mol. The summed E-state index contributed by atoms with van der Waals surface area (Å²) in [5.74, 6) is 1.97. The number of nitrogen functional groups attached to an aromatic ring is 1. The fourth-order valence-corrected chi connectivity index (χ4v) is 2.18. The van der Waals surface area contributed by atoms with Gasteiger partial charge in [-0.2, -0.15) is 4.98 Å². The fraction of sp³-hybridized carbons (Fsp3) is 0.692. The Labute approximate surface area is 109 Å². The Bertz CT molecular complexity index is 406. The van der Waals surface area contributed by atoms with E-state index in [1.807, 2.05) is 13.8 Å². The summed E-state index contributed by atoms with van der Waals surface area (Å²) < 4.78 is 0. The first kappa shape index (κ1) is 13.1. The molecular weight excluding hydrogens is 226 g/mol. The van der Waals surface area contributed by atoms with Crippen LogP contribution in [-0.2, 0) is 0 Å². The highest BCUT2D eigenvalue weighted by atomic mass is 15.3. The second kappa shape index (κ2) is 5.10. The van der Waals surface area contributed by atoms with Gasteiger partial charge in [0.1, 0.15) is 5.82 Å². The lowest BCUT2D eigenvalue weighted by molar-refractivity contribution is 0.366. The smallest absolute Gasteiger partial charge is 0.227 e. The summed E-state index contributed by atoms with van der Waals surface area (Å²) in [5.41, 5.74) is 7.88. The van der Waals surface area contributed by atoms with Crippen molar-refractivity contribution in [2.24, 2.45) is 5.92 Å². The maximum atomic E-state index is 5.93. The average molecular weight is 249 g/mol. The summed E-state index contributed by atoms with van der Waals surface area (Å²) in [4.78, 5) is 11.2. The van der Waals surface area contributed by atoms with E-state index in [1.165, 1.54) is 0 Å². The third-order valence-corrected chi connectivity index (χ3v) is 3.71. The summed E-state index contributed by atoms with van der Waals surface area (Å²) >= 11 is 0. The quantitative estimate of drug-likeness (QED) is 0.822. The van der Waals surface area contributed by atoms with Crippen LogP contribution in [0.15, 0.2) is 0 Å². The molecule has 2 rings (SSSR count). The third kappa shape index (κ3) is 2.56. The molecule has 0 bridgehead atoms. The van der Waals surface area contributed by atoms with E-state index >= 15 is 0 Å². The van der Waals surface area contributed by atoms with Crippen LogP contribution in [0.5, 0.6) is 0 Å². The molecule has 1 unspecified atom stereocenters. The van der Waals surface area contributed by atoms with Gasteiger partial charge in [-0.1, -0.05) is 13.8 Å². The molecule has 1 aromatic heterocycles. The number of aromatic nitrogens is 2. The number of nitrogens with one attached hydrogen (secondary N) is 1. The molecule has 0 radical (unpaired) electrons. The van der Waals surface area contributed by atoms with Gasteiger partial charge in [-0.3, -0.25) is 0 Å². The highest BCUT2D eigenvalue weighted by molar-refractivity contribution is 5.47. The number of nitrogens with two attached hydrogens (primary N) is 1. The van der Waals surface area contributed by atoms with Crippen LogP contribution in [0.25, 0.3) is 0 Å². The van der Waals surface area contributed by atoms with Crippen LogP contribution < -0.4 is 16.0 Å². The largest absolute Gasteiger partial charge is 0.383 e. The predicted octanol–water partition coefficient (Wildman–Crippen LogP) is 1.11. The summed E-state index contributed by atoms with van der Waals surface area (Å²) in [6.45, 7) is 11.3. The molecule has 0 aromatic carbocycles. The zero-order valence-electron chi connectivity index (χ0n) is 11.7. The van der Waals surface area contributed by atoms with E-state index in [9.17, 15) is 0 Å². The van der Waals surface area contributed by atoms with Gasteiger partial charge in [0.05, 0.1) is 0 Å². The van der Waals surface area contributed by atoms with Crippen molar-refractivity contribution in [3.63, 3.8) is 0 Å². The highest BCUT2D eigenvalue weighted by Gasteiger charge is 2.23. The van der Waals surface area contributed by atoms with Gasteiger partial charge in [0, 0.05) is 36.9 Å². The van der Waals surface area contributed by atoms with Gasteiger partial charge >= 0.3 is 0 Å². The Kier molecular flexibility index (Phi) is 3.71. The molecule has 3 N–H and O–H groups in total. The number of hydrogen-bond donors (Lipinski definition) is 2.